The first-order chi connectivity index (χ1) is 7.76. The van der Waals surface area contributed by atoms with E-state index in [1.165, 1.54) is 0 Å². The number of nitrogens with one attached hydrogen (secondary N) is 2. The maximum Gasteiger partial charge on any atom is 0.226 e. The monoisotopic (exact) mass is 224 g/mol. The van der Waals surface area contributed by atoms with Crippen LogP contribution in [0.25, 0.3) is 0 Å². The highest BCUT2D eigenvalue weighted by Crippen LogP contribution is 2.00. The summed E-state index contributed by atoms with van der Waals surface area (Å²) in [6.45, 7) is 2.62. The van der Waals surface area contributed by atoms with Gasteiger partial charge in [0.2, 0.25) is 5.91 Å². The van der Waals surface area contributed by atoms with Gasteiger partial charge in [0.1, 0.15) is 0 Å². The van der Waals surface area contributed by atoms with Gasteiger partial charge >= 0.3 is 0 Å². The highest BCUT2D eigenvalue weighted by Gasteiger charge is 2.10. The predicted octanol–water partition coefficient (Wildman–Crippen LogP) is 0.586. The van der Waals surface area contributed by atoms with Crippen molar-refractivity contribution in [1.29, 1.82) is 0 Å². The van der Waals surface area contributed by atoms with Crippen molar-refractivity contribution in [3.8, 4) is 0 Å². The summed E-state index contributed by atoms with van der Waals surface area (Å²) in [6, 6.07) is 1.89. The Labute approximate surface area is 95.8 Å². The molecule has 1 amide bonds. The van der Waals surface area contributed by atoms with Crippen molar-refractivity contribution in [2.75, 3.05) is 6.54 Å². The Kier molecular flexibility index (Phi) is 5.56. The number of nitrogens with zero attached hydrogens (tertiary/aromatic N) is 1. The number of aromatic amines is 1. The molecule has 0 spiro atoms. The van der Waals surface area contributed by atoms with Gasteiger partial charge in [-0.25, -0.2) is 0 Å². The van der Waals surface area contributed by atoms with Crippen molar-refractivity contribution >= 4 is 5.91 Å². The lowest BCUT2D eigenvalue weighted by Gasteiger charge is -2.15. The van der Waals surface area contributed by atoms with E-state index in [0.717, 1.165) is 25.0 Å². The summed E-state index contributed by atoms with van der Waals surface area (Å²) in [7, 11) is 0. The second-order valence-electron chi connectivity index (χ2n) is 3.90. The van der Waals surface area contributed by atoms with E-state index in [9.17, 15) is 4.79 Å². The molecule has 0 fully saturated rings. The Balaban J connectivity index is 2.31. The van der Waals surface area contributed by atoms with E-state index in [1.807, 2.05) is 0 Å². The van der Waals surface area contributed by atoms with Gasteiger partial charge in [-0.3, -0.25) is 9.89 Å². The summed E-state index contributed by atoms with van der Waals surface area (Å²) >= 11 is 0. The van der Waals surface area contributed by atoms with Crippen molar-refractivity contribution < 1.29 is 4.79 Å². The molecule has 1 rings (SSSR count). The van der Waals surface area contributed by atoms with Gasteiger partial charge < -0.3 is 11.1 Å². The van der Waals surface area contributed by atoms with Crippen LogP contribution < -0.4 is 11.1 Å². The molecule has 0 aliphatic heterocycles. The second-order valence-corrected chi connectivity index (χ2v) is 3.90. The molecule has 0 saturated carbocycles. The van der Waals surface area contributed by atoms with E-state index in [1.54, 1.807) is 12.3 Å². The van der Waals surface area contributed by atoms with Gasteiger partial charge in [-0.05, 0) is 12.5 Å². The number of H-pyrrole nitrogens is 1. The van der Waals surface area contributed by atoms with Crippen LogP contribution in [0.3, 0.4) is 0 Å². The molecular weight excluding hydrogens is 204 g/mol. The molecule has 0 saturated heterocycles. The Hall–Kier alpha value is -1.36. The molecule has 0 radical (unpaired) electrons. The number of rotatable bonds is 7. The molecule has 4 N–H and O–H groups in total. The summed E-state index contributed by atoms with van der Waals surface area (Å²) in [5.74, 6) is -0.00389. The molecule has 0 aromatic carbocycles. The third-order valence-corrected chi connectivity index (χ3v) is 2.47. The van der Waals surface area contributed by atoms with Crippen molar-refractivity contribution in [3.05, 3.63) is 18.0 Å². The fourth-order valence-corrected chi connectivity index (χ4v) is 1.53. The SMILES string of the molecule is CCCCC(CN)NC(=O)Cc1ccn[nH]1. The number of aromatic nitrogens is 2. The number of carbonyl (C=O) groups excluding carboxylic acids is 1. The minimum atomic E-state index is -0.00389. The van der Waals surface area contributed by atoms with E-state index in [-0.39, 0.29) is 11.9 Å². The summed E-state index contributed by atoms with van der Waals surface area (Å²) in [5.41, 5.74) is 6.42. The lowest BCUT2D eigenvalue weighted by Crippen LogP contribution is -2.40. The molecule has 0 aliphatic carbocycles. The van der Waals surface area contributed by atoms with Gasteiger partial charge in [0, 0.05) is 24.5 Å². The third kappa shape index (κ3) is 4.44. The Morgan fingerprint density at radius 1 is 1.69 bits per heavy atom. The maximum absolute atomic E-state index is 11.6. The summed E-state index contributed by atoms with van der Waals surface area (Å²) in [6.07, 6.45) is 5.13. The Morgan fingerprint density at radius 2 is 2.50 bits per heavy atom. The highest BCUT2D eigenvalue weighted by atomic mass is 16.1. The first-order valence-electron chi connectivity index (χ1n) is 5.74. The first-order valence-corrected chi connectivity index (χ1v) is 5.74. The van der Waals surface area contributed by atoms with Crippen LogP contribution in [0.15, 0.2) is 12.3 Å². The highest BCUT2D eigenvalue weighted by molar-refractivity contribution is 5.78. The molecule has 5 nitrogen and oxygen atoms in total. The molecule has 5 heteroatoms. The smallest absolute Gasteiger partial charge is 0.226 e. The van der Waals surface area contributed by atoms with Gasteiger partial charge in [0.25, 0.3) is 0 Å². The molecule has 0 bridgehead atoms. The van der Waals surface area contributed by atoms with Crippen LogP contribution in [-0.2, 0) is 11.2 Å². The molecule has 1 aromatic heterocycles. The summed E-state index contributed by atoms with van der Waals surface area (Å²) in [4.78, 5) is 11.6. The number of hydrogen-bond donors (Lipinski definition) is 3. The van der Waals surface area contributed by atoms with Gasteiger partial charge in [0.05, 0.1) is 6.42 Å². The van der Waals surface area contributed by atoms with Crippen molar-refractivity contribution in [2.24, 2.45) is 5.73 Å². The standard InChI is InChI=1S/C11H20N4O/c1-2-3-4-10(8-12)14-11(16)7-9-5-6-13-15-9/h5-6,10H,2-4,7-8,12H2,1H3,(H,13,15)(H,14,16). The van der Waals surface area contributed by atoms with Crippen LogP contribution in [0.4, 0.5) is 0 Å². The second kappa shape index (κ2) is 7.00. The zero-order chi connectivity index (χ0) is 11.8. The van der Waals surface area contributed by atoms with Gasteiger partial charge in [-0.1, -0.05) is 19.8 Å². The van der Waals surface area contributed by atoms with Crippen LogP contribution in [0.1, 0.15) is 31.9 Å². The lowest BCUT2D eigenvalue weighted by molar-refractivity contribution is -0.121. The molecule has 1 unspecified atom stereocenters. The van der Waals surface area contributed by atoms with E-state index in [2.05, 4.69) is 22.4 Å². The molecule has 1 atom stereocenters. The predicted molar refractivity (Wildman–Crippen MR) is 62.8 cm³/mol. The van der Waals surface area contributed by atoms with Crippen molar-refractivity contribution in [2.45, 2.75) is 38.6 Å². The third-order valence-electron chi connectivity index (χ3n) is 2.47. The fraction of sp³-hybridized carbons (Fsp3) is 0.636. The largest absolute Gasteiger partial charge is 0.352 e. The van der Waals surface area contributed by atoms with E-state index >= 15 is 0 Å². The Bertz CT molecular complexity index is 297. The zero-order valence-corrected chi connectivity index (χ0v) is 9.70. The molecule has 1 heterocycles. The maximum atomic E-state index is 11.6. The van der Waals surface area contributed by atoms with Crippen LogP contribution in [-0.4, -0.2) is 28.7 Å². The Morgan fingerprint density at radius 3 is 3.06 bits per heavy atom. The van der Waals surface area contributed by atoms with E-state index in [4.69, 9.17) is 5.73 Å². The average molecular weight is 224 g/mol. The average Bonchev–Trinajstić information content (AvgIpc) is 2.76. The minimum absolute atomic E-state index is 0.00389. The quantitative estimate of drug-likeness (QED) is 0.633. The van der Waals surface area contributed by atoms with Crippen LogP contribution in [0.5, 0.6) is 0 Å². The number of unbranched alkanes of at least 4 members (excludes halogenated alkanes) is 1. The fourth-order valence-electron chi connectivity index (χ4n) is 1.53. The molecule has 1 aromatic rings. The number of amides is 1. The summed E-state index contributed by atoms with van der Waals surface area (Å²) in [5, 5.41) is 9.48. The van der Waals surface area contributed by atoms with Gasteiger partial charge in [-0.2, -0.15) is 5.10 Å². The number of nitrogens with two attached hydrogens (primary N) is 1. The van der Waals surface area contributed by atoms with Crippen LogP contribution >= 0.6 is 0 Å². The zero-order valence-electron chi connectivity index (χ0n) is 9.70. The topological polar surface area (TPSA) is 83.8 Å². The summed E-state index contributed by atoms with van der Waals surface area (Å²) < 4.78 is 0. The van der Waals surface area contributed by atoms with Crippen molar-refractivity contribution in [3.63, 3.8) is 0 Å². The lowest BCUT2D eigenvalue weighted by atomic mass is 10.1. The molecule has 90 valence electrons. The van der Waals surface area contributed by atoms with Gasteiger partial charge in [0.15, 0.2) is 0 Å². The van der Waals surface area contributed by atoms with E-state index < -0.39 is 0 Å². The normalized spacial score (nSPS) is 12.4. The van der Waals surface area contributed by atoms with Gasteiger partial charge in [-0.15, -0.1) is 0 Å². The van der Waals surface area contributed by atoms with E-state index in [0.29, 0.717) is 13.0 Å². The van der Waals surface area contributed by atoms with Crippen LogP contribution in [0, 0.1) is 0 Å². The number of hydrogen-bond acceptors (Lipinski definition) is 3. The van der Waals surface area contributed by atoms with Crippen molar-refractivity contribution in [1.82, 2.24) is 15.5 Å². The number of carbonyl (C=O) groups is 1. The molecule has 16 heavy (non-hydrogen) atoms. The minimum Gasteiger partial charge on any atom is -0.352 e. The van der Waals surface area contributed by atoms with Crippen LogP contribution in [0.2, 0.25) is 0 Å². The first kappa shape index (κ1) is 12.7. The molecule has 0 aliphatic rings. The molecular formula is C11H20N4O.